The standard InChI is InChI=1S/C18H21ClN2O4S/c1-4-17(18(22)20-14-6-5-7-16(12-14)25-2)21(26(3,23)24)15-10-8-13(19)9-11-15/h5-12,17H,4H2,1-3H3,(H,20,22)/t17-/m0/s1. The first-order valence-electron chi connectivity index (χ1n) is 7.96. The minimum atomic E-state index is -3.69. The van der Waals surface area contributed by atoms with Gasteiger partial charge in [-0.2, -0.15) is 0 Å². The van der Waals surface area contributed by atoms with E-state index in [0.29, 0.717) is 28.6 Å². The lowest BCUT2D eigenvalue weighted by molar-refractivity contribution is -0.117. The zero-order chi connectivity index (χ0) is 19.3. The van der Waals surface area contributed by atoms with Crippen molar-refractivity contribution in [2.24, 2.45) is 0 Å². The molecule has 0 aliphatic rings. The van der Waals surface area contributed by atoms with Gasteiger partial charge >= 0.3 is 0 Å². The van der Waals surface area contributed by atoms with Crippen LogP contribution in [0.15, 0.2) is 48.5 Å². The van der Waals surface area contributed by atoms with E-state index in [1.165, 1.54) is 7.11 Å². The first-order valence-corrected chi connectivity index (χ1v) is 10.2. The Morgan fingerprint density at radius 1 is 1.23 bits per heavy atom. The fourth-order valence-corrected chi connectivity index (χ4v) is 3.91. The summed E-state index contributed by atoms with van der Waals surface area (Å²) < 4.78 is 31.0. The molecule has 0 fully saturated rings. The van der Waals surface area contributed by atoms with E-state index in [1.807, 2.05) is 0 Å². The fraction of sp³-hybridized carbons (Fsp3) is 0.278. The summed E-state index contributed by atoms with van der Waals surface area (Å²) in [5.74, 6) is 0.162. The molecule has 0 bridgehead atoms. The number of halogens is 1. The Hall–Kier alpha value is -2.25. The van der Waals surface area contributed by atoms with Crippen LogP contribution in [-0.4, -0.2) is 33.7 Å². The van der Waals surface area contributed by atoms with E-state index in [2.05, 4.69) is 5.32 Å². The number of nitrogens with zero attached hydrogens (tertiary/aromatic N) is 1. The van der Waals surface area contributed by atoms with Gasteiger partial charge < -0.3 is 10.1 Å². The molecule has 6 nitrogen and oxygen atoms in total. The monoisotopic (exact) mass is 396 g/mol. The van der Waals surface area contributed by atoms with E-state index in [0.717, 1.165) is 10.6 Å². The number of methoxy groups -OCH3 is 1. The van der Waals surface area contributed by atoms with E-state index < -0.39 is 22.0 Å². The summed E-state index contributed by atoms with van der Waals surface area (Å²) in [4.78, 5) is 12.8. The number of sulfonamides is 1. The van der Waals surface area contributed by atoms with Gasteiger partial charge in [0.15, 0.2) is 0 Å². The van der Waals surface area contributed by atoms with Crippen molar-refractivity contribution in [1.82, 2.24) is 0 Å². The van der Waals surface area contributed by atoms with Crippen LogP contribution in [-0.2, 0) is 14.8 Å². The zero-order valence-electron chi connectivity index (χ0n) is 14.8. The van der Waals surface area contributed by atoms with E-state index >= 15 is 0 Å². The molecule has 0 unspecified atom stereocenters. The number of amides is 1. The van der Waals surface area contributed by atoms with Gasteiger partial charge in [-0.15, -0.1) is 0 Å². The molecule has 0 aliphatic carbocycles. The molecule has 140 valence electrons. The molecule has 0 heterocycles. The van der Waals surface area contributed by atoms with Gasteiger partial charge in [-0.05, 0) is 42.8 Å². The van der Waals surface area contributed by atoms with Gasteiger partial charge in [0.05, 0.1) is 19.1 Å². The van der Waals surface area contributed by atoms with Gasteiger partial charge in [0.25, 0.3) is 0 Å². The smallest absolute Gasteiger partial charge is 0.248 e. The van der Waals surface area contributed by atoms with Crippen LogP contribution in [0.2, 0.25) is 5.02 Å². The largest absolute Gasteiger partial charge is 0.497 e. The number of anilines is 2. The average Bonchev–Trinajstić information content (AvgIpc) is 2.59. The third-order valence-corrected chi connectivity index (χ3v) is 5.18. The summed E-state index contributed by atoms with van der Waals surface area (Å²) in [6.45, 7) is 1.75. The molecule has 8 heteroatoms. The molecular formula is C18H21ClN2O4S. The van der Waals surface area contributed by atoms with Crippen LogP contribution in [0.5, 0.6) is 5.75 Å². The molecule has 2 aromatic rings. The number of carbonyl (C=O) groups excluding carboxylic acids is 1. The fourth-order valence-electron chi connectivity index (χ4n) is 2.57. The number of benzene rings is 2. The normalized spacial score (nSPS) is 12.3. The minimum absolute atomic E-state index is 0.297. The highest BCUT2D eigenvalue weighted by molar-refractivity contribution is 7.92. The van der Waals surface area contributed by atoms with Crippen LogP contribution in [0.3, 0.4) is 0 Å². The van der Waals surface area contributed by atoms with Crippen molar-refractivity contribution < 1.29 is 17.9 Å². The topological polar surface area (TPSA) is 75.7 Å². The minimum Gasteiger partial charge on any atom is -0.497 e. The first-order chi connectivity index (χ1) is 12.3. The number of hydrogen-bond donors (Lipinski definition) is 1. The Bertz CT molecular complexity index is 869. The molecular weight excluding hydrogens is 376 g/mol. The maximum Gasteiger partial charge on any atom is 0.248 e. The number of hydrogen-bond acceptors (Lipinski definition) is 4. The Morgan fingerprint density at radius 2 is 1.88 bits per heavy atom. The highest BCUT2D eigenvalue weighted by Gasteiger charge is 2.31. The molecule has 1 N–H and O–H groups in total. The van der Waals surface area contributed by atoms with E-state index in [4.69, 9.17) is 16.3 Å². The van der Waals surface area contributed by atoms with Crippen LogP contribution in [0.25, 0.3) is 0 Å². The quantitative estimate of drug-likeness (QED) is 0.776. The lowest BCUT2D eigenvalue weighted by atomic mass is 10.1. The van der Waals surface area contributed by atoms with Gasteiger partial charge in [-0.3, -0.25) is 9.10 Å². The molecule has 0 aromatic heterocycles. The molecule has 0 saturated heterocycles. The lowest BCUT2D eigenvalue weighted by Crippen LogP contribution is -2.46. The highest BCUT2D eigenvalue weighted by atomic mass is 35.5. The van der Waals surface area contributed by atoms with Gasteiger partial charge in [-0.25, -0.2) is 8.42 Å². The summed E-state index contributed by atoms with van der Waals surface area (Å²) in [5, 5.41) is 3.23. The molecule has 0 aliphatic heterocycles. The van der Waals surface area contributed by atoms with Crippen molar-refractivity contribution in [1.29, 1.82) is 0 Å². The predicted octanol–water partition coefficient (Wildman–Crippen LogP) is 3.53. The molecule has 0 saturated carbocycles. The number of rotatable bonds is 7. The zero-order valence-corrected chi connectivity index (χ0v) is 16.3. The van der Waals surface area contributed by atoms with Crippen LogP contribution in [0.1, 0.15) is 13.3 Å². The van der Waals surface area contributed by atoms with Gasteiger partial charge in [0.2, 0.25) is 15.9 Å². The Labute approximate surface area is 158 Å². The highest BCUT2D eigenvalue weighted by Crippen LogP contribution is 2.25. The Morgan fingerprint density at radius 3 is 2.42 bits per heavy atom. The van der Waals surface area contributed by atoms with Gasteiger partial charge in [0, 0.05) is 16.8 Å². The van der Waals surface area contributed by atoms with Crippen LogP contribution in [0, 0.1) is 0 Å². The van der Waals surface area contributed by atoms with Crippen LogP contribution >= 0.6 is 11.6 Å². The van der Waals surface area contributed by atoms with Crippen molar-refractivity contribution in [2.75, 3.05) is 23.0 Å². The second-order valence-electron chi connectivity index (χ2n) is 5.68. The molecule has 1 atom stereocenters. The lowest BCUT2D eigenvalue weighted by Gasteiger charge is -2.30. The van der Waals surface area contributed by atoms with Crippen LogP contribution in [0.4, 0.5) is 11.4 Å². The molecule has 0 spiro atoms. The number of carbonyl (C=O) groups is 1. The van der Waals surface area contributed by atoms with E-state index in [9.17, 15) is 13.2 Å². The van der Waals surface area contributed by atoms with Gasteiger partial charge in [-0.1, -0.05) is 24.6 Å². The number of nitrogens with one attached hydrogen (secondary N) is 1. The summed E-state index contributed by atoms with van der Waals surface area (Å²) in [6.07, 6.45) is 1.37. The van der Waals surface area contributed by atoms with Gasteiger partial charge in [0.1, 0.15) is 11.8 Å². The first kappa shape index (κ1) is 20.1. The predicted molar refractivity (Wildman–Crippen MR) is 104 cm³/mol. The molecule has 26 heavy (non-hydrogen) atoms. The third-order valence-electron chi connectivity index (χ3n) is 3.75. The Balaban J connectivity index is 2.34. The maximum atomic E-state index is 12.8. The van der Waals surface area contributed by atoms with Crippen molar-refractivity contribution in [3.63, 3.8) is 0 Å². The second kappa shape index (κ2) is 8.42. The summed E-state index contributed by atoms with van der Waals surface area (Å²) in [6, 6.07) is 12.3. The van der Waals surface area contributed by atoms with Crippen molar-refractivity contribution >= 4 is 38.9 Å². The van der Waals surface area contributed by atoms with Crippen molar-refractivity contribution in [2.45, 2.75) is 19.4 Å². The van der Waals surface area contributed by atoms with Crippen LogP contribution < -0.4 is 14.4 Å². The number of ether oxygens (including phenoxy) is 1. The summed E-state index contributed by atoms with van der Waals surface area (Å²) in [7, 11) is -2.16. The van der Waals surface area contributed by atoms with Crippen molar-refractivity contribution in [3.8, 4) is 5.75 Å². The maximum absolute atomic E-state index is 12.8. The molecule has 2 aromatic carbocycles. The summed E-state index contributed by atoms with van der Waals surface area (Å²) >= 11 is 5.88. The second-order valence-corrected chi connectivity index (χ2v) is 7.98. The summed E-state index contributed by atoms with van der Waals surface area (Å²) in [5.41, 5.74) is 0.905. The van der Waals surface area contributed by atoms with Crippen molar-refractivity contribution in [3.05, 3.63) is 53.6 Å². The SMILES string of the molecule is CC[C@@H](C(=O)Nc1cccc(OC)c1)N(c1ccc(Cl)cc1)S(C)(=O)=O. The van der Waals surface area contributed by atoms with E-state index in [1.54, 1.807) is 55.5 Å². The molecule has 0 radical (unpaired) electrons. The average molecular weight is 397 g/mol. The Kier molecular flexibility index (Phi) is 6.50. The molecule has 1 amide bonds. The third kappa shape index (κ3) is 4.89. The molecule has 2 rings (SSSR count). The van der Waals surface area contributed by atoms with E-state index in [-0.39, 0.29) is 0 Å².